The van der Waals surface area contributed by atoms with E-state index in [9.17, 15) is 35.1 Å². The molecular formula is C26H48F8O3. The highest BCUT2D eigenvalue weighted by molar-refractivity contribution is 4.82. The third kappa shape index (κ3) is 40.7. The predicted octanol–water partition coefficient (Wildman–Crippen LogP) is 9.67. The molecule has 37 heavy (non-hydrogen) atoms. The Hall–Kier alpha value is -2.76. The van der Waals surface area contributed by atoms with Crippen molar-refractivity contribution in [1.29, 1.82) is 0 Å². The molecule has 0 aliphatic heterocycles. The predicted molar refractivity (Wildman–Crippen MR) is 146 cm³/mol. The van der Waals surface area contributed by atoms with E-state index >= 15 is 0 Å². The van der Waals surface area contributed by atoms with Crippen molar-refractivity contribution in [3.8, 4) is 0 Å². The molecule has 11 heteroatoms. The largest absolute Gasteiger partial charge is 0.423 e. The average molecular weight is 561 g/mol. The van der Waals surface area contributed by atoms with Crippen molar-refractivity contribution in [2.75, 3.05) is 13.2 Å². The summed E-state index contributed by atoms with van der Waals surface area (Å²) >= 11 is 0. The monoisotopic (exact) mass is 560 g/mol. The molecule has 0 fully saturated rings. The molecular weight excluding hydrogens is 512 g/mol. The lowest BCUT2D eigenvalue weighted by atomic mass is 10.2. The first-order valence-electron chi connectivity index (χ1n) is 9.67. The summed E-state index contributed by atoms with van der Waals surface area (Å²) in [5.74, 6) is -9.92. The molecule has 3 nitrogen and oxygen atoms in total. The molecule has 0 aliphatic carbocycles. The molecule has 0 atom stereocenters. The molecule has 2 N–H and O–H groups in total. The number of aliphatic hydroxyl groups excluding tert-OH is 2. The topological polar surface area (TPSA) is 49.7 Å². The van der Waals surface area contributed by atoms with Gasteiger partial charge >= 0.3 is 24.1 Å². The third-order valence-corrected chi connectivity index (χ3v) is 2.10. The molecule has 0 unspecified atom stereocenters. The van der Waals surface area contributed by atoms with Gasteiger partial charge in [-0.2, -0.15) is 35.1 Å². The number of rotatable bonds is 7. The highest BCUT2D eigenvalue weighted by atomic mass is 19.3. The van der Waals surface area contributed by atoms with Crippen LogP contribution in [0.2, 0.25) is 0 Å². The van der Waals surface area contributed by atoms with E-state index in [2.05, 4.69) is 110 Å². The van der Waals surface area contributed by atoms with Crippen molar-refractivity contribution < 1.29 is 50.1 Å². The van der Waals surface area contributed by atoms with E-state index in [1.54, 1.807) is 0 Å². The molecule has 0 aromatic rings. The van der Waals surface area contributed by atoms with Crippen LogP contribution in [0.4, 0.5) is 35.1 Å². The lowest BCUT2D eigenvalue weighted by molar-refractivity contribution is -0.467. The van der Waals surface area contributed by atoms with Gasteiger partial charge in [-0.15, -0.1) is 105 Å². The highest BCUT2D eigenvalue weighted by Gasteiger charge is 2.67. The minimum atomic E-state index is -5.68. The maximum absolute atomic E-state index is 12.6. The molecule has 0 heterocycles. The summed E-state index contributed by atoms with van der Waals surface area (Å²) in [6.07, 6.45) is -14.4. The van der Waals surface area contributed by atoms with Gasteiger partial charge in [0.2, 0.25) is 0 Å². The Morgan fingerprint density at radius 3 is 0.649 bits per heavy atom. The van der Waals surface area contributed by atoms with Crippen molar-refractivity contribution in [3.05, 3.63) is 105 Å². The Kier molecular flexibility index (Phi) is 87.3. The summed E-state index contributed by atoms with van der Waals surface area (Å²) < 4.78 is 103. The zero-order chi connectivity index (χ0) is 33.5. The summed E-state index contributed by atoms with van der Waals surface area (Å²) in [6, 6.07) is 0. The number of aliphatic hydroxyl groups is 2. The van der Waals surface area contributed by atoms with Gasteiger partial charge in [0.15, 0.2) is 0 Å². The third-order valence-electron chi connectivity index (χ3n) is 2.10. The first-order chi connectivity index (χ1) is 17.2. The quantitative estimate of drug-likeness (QED) is 0.241. The van der Waals surface area contributed by atoms with E-state index in [1.165, 1.54) is 0 Å². The van der Waals surface area contributed by atoms with Crippen molar-refractivity contribution in [2.24, 2.45) is 0 Å². The SMILES string of the molecule is C=C.C=C.C=C.C=C.C=C.C=C.C=C.C=C.CCC(F)(F)C(F)(F)OC(F)(F)C(F)(F)CC.OCCO. The number of halogens is 8. The summed E-state index contributed by atoms with van der Waals surface area (Å²) in [4.78, 5) is 0. The van der Waals surface area contributed by atoms with Gasteiger partial charge in [-0.25, -0.2) is 4.74 Å². The van der Waals surface area contributed by atoms with Crippen LogP contribution in [0.25, 0.3) is 0 Å². The number of ether oxygens (including phenoxy) is 1. The molecule has 0 spiro atoms. The maximum Gasteiger partial charge on any atom is 0.423 e. The van der Waals surface area contributed by atoms with Crippen LogP contribution in [0.1, 0.15) is 26.7 Å². The van der Waals surface area contributed by atoms with Crippen molar-refractivity contribution in [1.82, 2.24) is 0 Å². The van der Waals surface area contributed by atoms with E-state index in [-0.39, 0.29) is 13.2 Å². The summed E-state index contributed by atoms with van der Waals surface area (Å²) in [5.41, 5.74) is 0. The summed E-state index contributed by atoms with van der Waals surface area (Å²) in [6.45, 7) is 48.9. The Labute approximate surface area is 219 Å². The highest BCUT2D eigenvalue weighted by Crippen LogP contribution is 2.46. The van der Waals surface area contributed by atoms with Gasteiger partial charge in [-0.3, -0.25) is 0 Å². The normalized spacial score (nSPS) is 8.65. The van der Waals surface area contributed by atoms with Gasteiger partial charge in [0, 0.05) is 12.8 Å². The van der Waals surface area contributed by atoms with Gasteiger partial charge in [0.1, 0.15) is 0 Å². The standard InChI is InChI=1S/C8H10F8O.C2H6O2.8C2H4/c1-3-5(9,10)7(13,14)17-8(15,16)6(11,12)4-2;3-1-2-4;8*1-2/h3-4H2,1-2H3;3-4H,1-2H2;8*1-2H2. The van der Waals surface area contributed by atoms with Crippen LogP contribution in [0, 0.1) is 0 Å². The molecule has 0 aromatic heterocycles. The maximum atomic E-state index is 12.6. The van der Waals surface area contributed by atoms with Crippen molar-refractivity contribution in [2.45, 2.75) is 50.8 Å². The van der Waals surface area contributed by atoms with Gasteiger partial charge in [-0.1, -0.05) is 13.8 Å². The summed E-state index contributed by atoms with van der Waals surface area (Å²) in [5, 5.41) is 15.2. The second-order valence-corrected chi connectivity index (χ2v) is 3.70. The molecule has 0 aromatic carbocycles. The Bertz CT molecular complexity index is 359. The van der Waals surface area contributed by atoms with Gasteiger partial charge in [0.25, 0.3) is 0 Å². The average Bonchev–Trinajstić information content (AvgIpc) is 2.96. The summed E-state index contributed by atoms with van der Waals surface area (Å²) in [7, 11) is 0. The first-order valence-corrected chi connectivity index (χ1v) is 9.67. The minimum Gasteiger partial charge on any atom is -0.394 e. The molecule has 226 valence electrons. The van der Waals surface area contributed by atoms with E-state index in [0.29, 0.717) is 13.8 Å². The Morgan fingerprint density at radius 2 is 0.568 bits per heavy atom. The smallest absolute Gasteiger partial charge is 0.394 e. The van der Waals surface area contributed by atoms with E-state index < -0.39 is 36.9 Å². The molecule has 0 aliphatic rings. The molecule has 0 rings (SSSR count). The Balaban J connectivity index is -0.0000000378. The van der Waals surface area contributed by atoms with Crippen molar-refractivity contribution >= 4 is 0 Å². The van der Waals surface area contributed by atoms with Crippen molar-refractivity contribution in [3.63, 3.8) is 0 Å². The zero-order valence-electron chi connectivity index (χ0n) is 22.5. The van der Waals surface area contributed by atoms with E-state index in [1.807, 2.05) is 0 Å². The molecule has 0 amide bonds. The molecule has 0 saturated carbocycles. The number of hydrogen-bond donors (Lipinski definition) is 2. The second kappa shape index (κ2) is 50.2. The molecule has 0 radical (unpaired) electrons. The van der Waals surface area contributed by atoms with Gasteiger partial charge < -0.3 is 10.2 Å². The number of alkyl halides is 8. The van der Waals surface area contributed by atoms with Crippen LogP contribution < -0.4 is 0 Å². The van der Waals surface area contributed by atoms with E-state index in [4.69, 9.17) is 10.2 Å². The molecule has 0 saturated heterocycles. The minimum absolute atomic E-state index is 0.125. The van der Waals surface area contributed by atoms with Gasteiger partial charge in [0.05, 0.1) is 13.2 Å². The second-order valence-electron chi connectivity index (χ2n) is 3.70. The molecule has 0 bridgehead atoms. The van der Waals surface area contributed by atoms with Gasteiger partial charge in [-0.05, 0) is 0 Å². The zero-order valence-corrected chi connectivity index (χ0v) is 22.5. The van der Waals surface area contributed by atoms with Crippen LogP contribution in [0.3, 0.4) is 0 Å². The van der Waals surface area contributed by atoms with E-state index in [0.717, 1.165) is 0 Å². The fourth-order valence-corrected chi connectivity index (χ4v) is 0.722. The lowest BCUT2D eigenvalue weighted by Crippen LogP contribution is -2.52. The lowest BCUT2D eigenvalue weighted by Gasteiger charge is -2.32. The fraction of sp³-hybridized carbons (Fsp3) is 0.385. The van der Waals surface area contributed by atoms with Crippen LogP contribution in [-0.2, 0) is 4.74 Å². The van der Waals surface area contributed by atoms with Crippen LogP contribution in [0.5, 0.6) is 0 Å². The van der Waals surface area contributed by atoms with Crippen LogP contribution in [-0.4, -0.2) is 47.5 Å². The first kappa shape index (κ1) is 64.4. The van der Waals surface area contributed by atoms with Crippen LogP contribution >= 0.6 is 0 Å². The Morgan fingerprint density at radius 1 is 0.432 bits per heavy atom. The fourth-order valence-electron chi connectivity index (χ4n) is 0.722. The van der Waals surface area contributed by atoms with Crippen LogP contribution in [0.15, 0.2) is 105 Å². The number of hydrogen-bond acceptors (Lipinski definition) is 3.